The Hall–Kier alpha value is -2.32. The second kappa shape index (κ2) is 7.28. The molecule has 2 aromatic heterocycles. The van der Waals surface area contributed by atoms with Gasteiger partial charge in [0, 0.05) is 37.6 Å². The molecule has 2 aromatic rings. The highest BCUT2D eigenvalue weighted by Crippen LogP contribution is 2.24. The van der Waals surface area contributed by atoms with Crippen LogP contribution in [0.5, 0.6) is 0 Å². The Balaban J connectivity index is 1.60. The standard InChI is InChI=1S/C17H20N4O3S/c1-13-4-5-16(19-11-13)20-17(22)14-6-9-21(10-7-14)25(23,24)15-3-2-8-18-12-15/h2-5,8,11-12,14H,6-7,9-10H2,1H3,(H,19,20,22). The summed E-state index contributed by atoms with van der Waals surface area (Å²) in [5, 5.41) is 2.80. The Morgan fingerprint density at radius 3 is 2.56 bits per heavy atom. The van der Waals surface area contributed by atoms with E-state index in [1.165, 1.54) is 22.8 Å². The minimum Gasteiger partial charge on any atom is -0.310 e. The van der Waals surface area contributed by atoms with Gasteiger partial charge >= 0.3 is 0 Å². The van der Waals surface area contributed by atoms with E-state index in [0.717, 1.165) is 5.56 Å². The molecule has 1 aliphatic heterocycles. The number of amides is 1. The number of carbonyl (C=O) groups is 1. The molecule has 3 heterocycles. The molecule has 25 heavy (non-hydrogen) atoms. The van der Waals surface area contributed by atoms with Gasteiger partial charge in [-0.2, -0.15) is 4.31 Å². The Bertz CT molecular complexity index is 830. The van der Waals surface area contributed by atoms with Crippen LogP contribution in [-0.4, -0.2) is 41.7 Å². The van der Waals surface area contributed by atoms with E-state index in [1.807, 2.05) is 13.0 Å². The predicted molar refractivity (Wildman–Crippen MR) is 93.3 cm³/mol. The van der Waals surface area contributed by atoms with Crippen molar-refractivity contribution in [1.29, 1.82) is 0 Å². The molecule has 8 heteroatoms. The van der Waals surface area contributed by atoms with Crippen LogP contribution in [0.25, 0.3) is 0 Å². The van der Waals surface area contributed by atoms with Crippen molar-refractivity contribution in [2.75, 3.05) is 18.4 Å². The summed E-state index contributed by atoms with van der Waals surface area (Å²) in [6, 6.07) is 6.77. The van der Waals surface area contributed by atoms with Gasteiger partial charge in [0.15, 0.2) is 0 Å². The monoisotopic (exact) mass is 360 g/mol. The SMILES string of the molecule is Cc1ccc(NC(=O)C2CCN(S(=O)(=O)c3cccnc3)CC2)nc1. The molecule has 0 unspecified atom stereocenters. The number of anilines is 1. The van der Waals surface area contributed by atoms with Crippen LogP contribution < -0.4 is 5.32 Å². The third kappa shape index (κ3) is 4.02. The van der Waals surface area contributed by atoms with E-state index in [-0.39, 0.29) is 16.7 Å². The summed E-state index contributed by atoms with van der Waals surface area (Å²) in [4.78, 5) is 20.6. The molecule has 0 spiro atoms. The van der Waals surface area contributed by atoms with Gasteiger partial charge in [-0.15, -0.1) is 0 Å². The smallest absolute Gasteiger partial charge is 0.244 e. The Labute approximate surface area is 147 Å². The highest BCUT2D eigenvalue weighted by molar-refractivity contribution is 7.89. The summed E-state index contributed by atoms with van der Waals surface area (Å²) < 4.78 is 26.5. The molecule has 0 aromatic carbocycles. The molecule has 1 amide bonds. The molecule has 1 aliphatic rings. The number of aryl methyl sites for hydroxylation is 1. The molecule has 0 radical (unpaired) electrons. The average molecular weight is 360 g/mol. The lowest BCUT2D eigenvalue weighted by Crippen LogP contribution is -2.41. The lowest BCUT2D eigenvalue weighted by molar-refractivity contribution is -0.120. The molecule has 0 bridgehead atoms. The van der Waals surface area contributed by atoms with E-state index in [0.29, 0.717) is 31.7 Å². The van der Waals surface area contributed by atoms with Crippen molar-refractivity contribution < 1.29 is 13.2 Å². The van der Waals surface area contributed by atoms with Gasteiger partial charge in [-0.25, -0.2) is 13.4 Å². The van der Waals surface area contributed by atoms with Crippen LogP contribution >= 0.6 is 0 Å². The van der Waals surface area contributed by atoms with Crippen LogP contribution in [0.15, 0.2) is 47.8 Å². The summed E-state index contributed by atoms with van der Waals surface area (Å²) in [5.74, 6) is 0.180. The molecule has 1 fully saturated rings. The van der Waals surface area contributed by atoms with Crippen LogP contribution in [0.2, 0.25) is 0 Å². The van der Waals surface area contributed by atoms with Gasteiger partial charge < -0.3 is 5.32 Å². The van der Waals surface area contributed by atoms with Crippen LogP contribution in [0.1, 0.15) is 18.4 Å². The zero-order chi connectivity index (χ0) is 17.9. The number of pyridine rings is 2. The van der Waals surface area contributed by atoms with Crippen molar-refractivity contribution in [3.63, 3.8) is 0 Å². The van der Waals surface area contributed by atoms with E-state index in [9.17, 15) is 13.2 Å². The van der Waals surface area contributed by atoms with Crippen LogP contribution in [-0.2, 0) is 14.8 Å². The van der Waals surface area contributed by atoms with Crippen molar-refractivity contribution in [1.82, 2.24) is 14.3 Å². The summed E-state index contributed by atoms with van der Waals surface area (Å²) in [7, 11) is -3.55. The lowest BCUT2D eigenvalue weighted by atomic mass is 9.97. The van der Waals surface area contributed by atoms with Crippen LogP contribution in [0, 0.1) is 12.8 Å². The fourth-order valence-electron chi connectivity index (χ4n) is 2.78. The van der Waals surface area contributed by atoms with E-state index in [2.05, 4.69) is 15.3 Å². The Morgan fingerprint density at radius 1 is 1.20 bits per heavy atom. The lowest BCUT2D eigenvalue weighted by Gasteiger charge is -2.30. The maximum absolute atomic E-state index is 12.6. The predicted octanol–water partition coefficient (Wildman–Crippen LogP) is 1.82. The number of nitrogens with one attached hydrogen (secondary N) is 1. The summed E-state index contributed by atoms with van der Waals surface area (Å²) >= 11 is 0. The number of hydrogen-bond donors (Lipinski definition) is 1. The normalized spacial score (nSPS) is 16.5. The number of hydrogen-bond acceptors (Lipinski definition) is 5. The van der Waals surface area contributed by atoms with Gasteiger partial charge in [0.25, 0.3) is 0 Å². The topological polar surface area (TPSA) is 92.3 Å². The minimum absolute atomic E-state index is 0.116. The molecular weight excluding hydrogens is 340 g/mol. The maximum atomic E-state index is 12.6. The first-order valence-electron chi connectivity index (χ1n) is 8.10. The van der Waals surface area contributed by atoms with Crippen molar-refractivity contribution in [2.24, 2.45) is 5.92 Å². The highest BCUT2D eigenvalue weighted by Gasteiger charge is 2.32. The van der Waals surface area contributed by atoms with Gasteiger partial charge in [0.2, 0.25) is 15.9 Å². The number of carbonyl (C=O) groups excluding carboxylic acids is 1. The van der Waals surface area contributed by atoms with Gasteiger partial charge in [-0.1, -0.05) is 6.07 Å². The second-order valence-electron chi connectivity index (χ2n) is 6.08. The van der Waals surface area contributed by atoms with Gasteiger partial charge in [0.05, 0.1) is 0 Å². The first-order valence-corrected chi connectivity index (χ1v) is 9.54. The van der Waals surface area contributed by atoms with Crippen molar-refractivity contribution in [3.8, 4) is 0 Å². The summed E-state index contributed by atoms with van der Waals surface area (Å²) in [6.45, 7) is 2.56. The minimum atomic E-state index is -3.55. The highest BCUT2D eigenvalue weighted by atomic mass is 32.2. The molecule has 7 nitrogen and oxygen atoms in total. The van der Waals surface area contributed by atoms with Crippen LogP contribution in [0.3, 0.4) is 0 Å². The molecular formula is C17H20N4O3S. The molecule has 3 rings (SSSR count). The third-order valence-corrected chi connectivity index (χ3v) is 6.14. The Kier molecular flexibility index (Phi) is 5.10. The average Bonchev–Trinajstić information content (AvgIpc) is 2.64. The molecule has 1 saturated heterocycles. The van der Waals surface area contributed by atoms with E-state index < -0.39 is 10.0 Å². The largest absolute Gasteiger partial charge is 0.310 e. The number of nitrogens with zero attached hydrogens (tertiary/aromatic N) is 3. The van der Waals surface area contributed by atoms with E-state index in [1.54, 1.807) is 18.3 Å². The van der Waals surface area contributed by atoms with Crippen LogP contribution in [0.4, 0.5) is 5.82 Å². The van der Waals surface area contributed by atoms with E-state index >= 15 is 0 Å². The maximum Gasteiger partial charge on any atom is 0.244 e. The molecule has 0 atom stereocenters. The zero-order valence-corrected chi connectivity index (χ0v) is 14.7. The van der Waals surface area contributed by atoms with Gasteiger partial charge in [-0.3, -0.25) is 9.78 Å². The van der Waals surface area contributed by atoms with E-state index in [4.69, 9.17) is 0 Å². The number of aromatic nitrogens is 2. The van der Waals surface area contributed by atoms with Crippen molar-refractivity contribution in [2.45, 2.75) is 24.7 Å². The Morgan fingerprint density at radius 2 is 1.96 bits per heavy atom. The number of sulfonamides is 1. The van der Waals surface area contributed by atoms with Gasteiger partial charge in [0.1, 0.15) is 10.7 Å². The molecule has 132 valence electrons. The number of piperidine rings is 1. The molecule has 1 N–H and O–H groups in total. The summed E-state index contributed by atoms with van der Waals surface area (Å²) in [5.41, 5.74) is 1.02. The zero-order valence-electron chi connectivity index (χ0n) is 13.9. The first-order chi connectivity index (χ1) is 12.0. The second-order valence-corrected chi connectivity index (χ2v) is 8.02. The third-order valence-electron chi connectivity index (χ3n) is 4.26. The quantitative estimate of drug-likeness (QED) is 0.898. The fourth-order valence-corrected chi connectivity index (χ4v) is 4.21. The number of rotatable bonds is 4. The van der Waals surface area contributed by atoms with Crippen molar-refractivity contribution in [3.05, 3.63) is 48.4 Å². The molecule has 0 saturated carbocycles. The first kappa shape index (κ1) is 17.5. The molecule has 0 aliphatic carbocycles. The fraction of sp³-hybridized carbons (Fsp3) is 0.353. The van der Waals surface area contributed by atoms with Crippen molar-refractivity contribution >= 4 is 21.7 Å². The summed E-state index contributed by atoms with van der Waals surface area (Å²) in [6.07, 6.45) is 5.54. The van der Waals surface area contributed by atoms with Gasteiger partial charge in [-0.05, 0) is 43.5 Å².